The number of sulfone groups is 1. The van der Waals surface area contributed by atoms with Gasteiger partial charge in [0.1, 0.15) is 5.75 Å². The van der Waals surface area contributed by atoms with E-state index in [0.717, 1.165) is 0 Å². The van der Waals surface area contributed by atoms with Crippen LogP contribution in [0.1, 0.15) is 0 Å². The zero-order valence-electron chi connectivity index (χ0n) is 12.9. The Hall–Kier alpha value is -1.71. The second-order valence-electron chi connectivity index (χ2n) is 4.81. The second-order valence-corrected chi connectivity index (χ2v) is 11.0. The molecule has 9 heteroatoms. The van der Waals surface area contributed by atoms with Gasteiger partial charge in [-0.2, -0.15) is 0 Å². The van der Waals surface area contributed by atoms with Crippen molar-refractivity contribution in [3.05, 3.63) is 48.5 Å². The third-order valence-electron chi connectivity index (χ3n) is 3.18. The van der Waals surface area contributed by atoms with Crippen LogP contribution in [0, 0.1) is 0 Å². The van der Waals surface area contributed by atoms with Gasteiger partial charge < -0.3 is 10.5 Å². The molecule has 0 aliphatic rings. The molecule has 0 atom stereocenters. The summed E-state index contributed by atoms with van der Waals surface area (Å²) >= 11 is 0. The molecule has 0 amide bonds. The monoisotopic (exact) mass is 387 g/mol. The van der Waals surface area contributed by atoms with Crippen molar-refractivity contribution in [3.8, 4) is 5.75 Å². The zero-order valence-corrected chi connectivity index (χ0v) is 15.3. The highest BCUT2D eigenvalue weighted by atomic mass is 33.1. The maximum Gasteiger partial charge on any atom is 0.230 e. The summed E-state index contributed by atoms with van der Waals surface area (Å²) in [6, 6.07) is 12.1. The van der Waals surface area contributed by atoms with Crippen LogP contribution in [0.5, 0.6) is 5.75 Å². The first-order valence-electron chi connectivity index (χ1n) is 6.87. The molecule has 6 nitrogen and oxygen atoms in total. The maximum atomic E-state index is 12.3. The van der Waals surface area contributed by atoms with Gasteiger partial charge in [0.15, 0.2) is 9.84 Å². The predicted molar refractivity (Wildman–Crippen MR) is 95.5 cm³/mol. The first-order chi connectivity index (χ1) is 11.3. The van der Waals surface area contributed by atoms with E-state index >= 15 is 0 Å². The summed E-state index contributed by atoms with van der Waals surface area (Å²) in [5.41, 5.74) is 5.92. The Balaban J connectivity index is 2.07. The number of ether oxygens (including phenoxy) is 1. The average molecular weight is 388 g/mol. The van der Waals surface area contributed by atoms with Crippen LogP contribution in [0.25, 0.3) is 0 Å². The van der Waals surface area contributed by atoms with Gasteiger partial charge in [0, 0.05) is 5.75 Å². The Morgan fingerprint density at radius 3 is 2.25 bits per heavy atom. The second kappa shape index (κ2) is 7.45. The van der Waals surface area contributed by atoms with Crippen LogP contribution in [0.3, 0.4) is 0 Å². The molecule has 0 aliphatic heterocycles. The van der Waals surface area contributed by atoms with E-state index < -0.39 is 18.7 Å². The molecule has 0 saturated carbocycles. The molecule has 0 aromatic heterocycles. The predicted octanol–water partition coefficient (Wildman–Crippen LogP) is 2.17. The molecular weight excluding hydrogens is 370 g/mol. The molecule has 0 bridgehead atoms. The smallest absolute Gasteiger partial charge is 0.230 e. The third kappa shape index (κ3) is 4.43. The van der Waals surface area contributed by atoms with E-state index in [9.17, 15) is 16.8 Å². The number of methoxy groups -OCH3 is 1. The summed E-state index contributed by atoms with van der Waals surface area (Å²) in [6.45, 7) is 0. The SMILES string of the molecule is COc1ccc(S(=O)(=O)CCSS(=O)(=O)c2ccccc2)cc1N. The van der Waals surface area contributed by atoms with E-state index in [4.69, 9.17) is 10.5 Å². The van der Waals surface area contributed by atoms with Crippen LogP contribution in [-0.4, -0.2) is 35.5 Å². The highest BCUT2D eigenvalue weighted by molar-refractivity contribution is 8.72. The lowest BCUT2D eigenvalue weighted by molar-refractivity contribution is 0.416. The average Bonchev–Trinajstić information content (AvgIpc) is 2.55. The molecular formula is C15H17NO5S3. The van der Waals surface area contributed by atoms with Crippen molar-refractivity contribution in [3.63, 3.8) is 0 Å². The topological polar surface area (TPSA) is 104 Å². The third-order valence-corrected chi connectivity index (χ3v) is 8.69. The van der Waals surface area contributed by atoms with Crippen LogP contribution >= 0.6 is 10.8 Å². The number of hydrogen-bond acceptors (Lipinski definition) is 7. The Morgan fingerprint density at radius 1 is 1.00 bits per heavy atom. The molecule has 2 aromatic carbocycles. The van der Waals surface area contributed by atoms with Gasteiger partial charge in [0.25, 0.3) is 0 Å². The molecule has 24 heavy (non-hydrogen) atoms. The van der Waals surface area contributed by atoms with Crippen molar-refractivity contribution in [2.24, 2.45) is 0 Å². The van der Waals surface area contributed by atoms with E-state index in [1.54, 1.807) is 18.2 Å². The van der Waals surface area contributed by atoms with Crippen LogP contribution in [0.15, 0.2) is 58.3 Å². The van der Waals surface area contributed by atoms with E-state index in [2.05, 4.69) is 0 Å². The minimum Gasteiger partial charge on any atom is -0.495 e. The Bertz CT molecular complexity index is 909. The molecule has 0 heterocycles. The van der Waals surface area contributed by atoms with Crippen molar-refractivity contribution in [1.29, 1.82) is 0 Å². The van der Waals surface area contributed by atoms with Crippen molar-refractivity contribution in [2.75, 3.05) is 24.3 Å². The number of benzene rings is 2. The van der Waals surface area contributed by atoms with Crippen molar-refractivity contribution in [2.45, 2.75) is 9.79 Å². The fraction of sp³-hybridized carbons (Fsp3) is 0.200. The Morgan fingerprint density at radius 2 is 1.67 bits per heavy atom. The van der Waals surface area contributed by atoms with Gasteiger partial charge in [0.05, 0.1) is 28.3 Å². The summed E-state index contributed by atoms with van der Waals surface area (Å²) in [7, 11) is -5.17. The number of anilines is 1. The van der Waals surface area contributed by atoms with E-state index in [0.29, 0.717) is 16.5 Å². The lowest BCUT2D eigenvalue weighted by atomic mass is 10.3. The van der Waals surface area contributed by atoms with Crippen LogP contribution in [0.4, 0.5) is 5.69 Å². The molecule has 0 fully saturated rings. The number of rotatable bonds is 7. The minimum atomic E-state index is -3.63. The Kier molecular flexibility index (Phi) is 5.79. The van der Waals surface area contributed by atoms with Crippen LogP contribution in [0.2, 0.25) is 0 Å². The minimum absolute atomic E-state index is 0.0403. The van der Waals surface area contributed by atoms with E-state index in [-0.39, 0.29) is 27.0 Å². The van der Waals surface area contributed by atoms with Gasteiger partial charge in [-0.15, -0.1) is 0 Å². The van der Waals surface area contributed by atoms with E-state index in [1.165, 1.54) is 37.4 Å². The van der Waals surface area contributed by atoms with Gasteiger partial charge in [-0.05, 0) is 41.1 Å². The van der Waals surface area contributed by atoms with Gasteiger partial charge in [0.2, 0.25) is 8.87 Å². The van der Waals surface area contributed by atoms with Crippen LogP contribution < -0.4 is 10.5 Å². The standard InChI is InChI=1S/C15H17NO5S3/c1-21-15-8-7-13(11-14(15)16)23(17,18)10-9-22-24(19,20)12-5-3-2-4-6-12/h2-8,11H,9-10,16H2,1H3. The molecule has 0 spiro atoms. The molecule has 0 saturated heterocycles. The molecule has 0 radical (unpaired) electrons. The van der Waals surface area contributed by atoms with Gasteiger partial charge in [-0.3, -0.25) is 0 Å². The van der Waals surface area contributed by atoms with Gasteiger partial charge in [-0.1, -0.05) is 18.2 Å². The number of hydrogen-bond donors (Lipinski definition) is 1. The normalized spacial score (nSPS) is 12.0. The van der Waals surface area contributed by atoms with Gasteiger partial charge >= 0.3 is 0 Å². The van der Waals surface area contributed by atoms with Crippen molar-refractivity contribution < 1.29 is 21.6 Å². The van der Waals surface area contributed by atoms with Gasteiger partial charge in [-0.25, -0.2) is 16.8 Å². The molecule has 130 valence electrons. The molecule has 0 unspecified atom stereocenters. The maximum absolute atomic E-state index is 12.3. The summed E-state index contributed by atoms with van der Waals surface area (Å²) in [5.74, 6) is -0.00366. The summed E-state index contributed by atoms with van der Waals surface area (Å²) in [6.07, 6.45) is 0. The Labute approximate surface area is 145 Å². The summed E-state index contributed by atoms with van der Waals surface area (Å²) in [5, 5.41) is 0. The fourth-order valence-electron chi connectivity index (χ4n) is 1.93. The number of nitrogens with two attached hydrogens (primary N) is 1. The molecule has 2 rings (SSSR count). The summed E-state index contributed by atoms with van der Waals surface area (Å²) < 4.78 is 53.8. The van der Waals surface area contributed by atoms with Crippen molar-refractivity contribution >= 4 is 35.2 Å². The van der Waals surface area contributed by atoms with Crippen molar-refractivity contribution in [1.82, 2.24) is 0 Å². The lowest BCUT2D eigenvalue weighted by Crippen LogP contribution is -2.11. The highest BCUT2D eigenvalue weighted by Crippen LogP contribution is 2.27. The first-order valence-corrected chi connectivity index (χ1v) is 11.5. The quantitative estimate of drug-likeness (QED) is 0.573. The molecule has 0 aliphatic carbocycles. The first kappa shape index (κ1) is 18.6. The fourth-order valence-corrected chi connectivity index (χ4v) is 6.76. The molecule has 2 N–H and O–H groups in total. The largest absolute Gasteiger partial charge is 0.495 e. The van der Waals surface area contributed by atoms with Crippen LogP contribution in [-0.2, 0) is 18.7 Å². The van der Waals surface area contributed by atoms with E-state index in [1.807, 2.05) is 0 Å². The lowest BCUT2D eigenvalue weighted by Gasteiger charge is -2.08. The molecule has 2 aromatic rings. The zero-order chi connectivity index (χ0) is 17.8. The summed E-state index contributed by atoms with van der Waals surface area (Å²) in [4.78, 5) is 0.194. The number of nitrogen functional groups attached to an aromatic ring is 1. The highest BCUT2D eigenvalue weighted by Gasteiger charge is 2.20.